The minimum Gasteiger partial charge on any atom is -0.461 e. The smallest absolute Gasteiger partial charge is 0.320 e. The van der Waals surface area contributed by atoms with Crippen molar-refractivity contribution < 1.29 is 14.3 Å². The van der Waals surface area contributed by atoms with E-state index in [4.69, 9.17) is 4.74 Å². The minimum atomic E-state index is -0.0828. The monoisotopic (exact) mass is 373 g/mol. The van der Waals surface area contributed by atoms with E-state index in [2.05, 4.69) is 13.8 Å². The summed E-state index contributed by atoms with van der Waals surface area (Å²) in [6.45, 7) is 5.17. The Bertz CT molecular complexity index is 669. The standard InChI is InChI=1S/C23H35NO3/c1-22-11-9-16(25)13-15(22)5-6-17-18-7-8-20(27-21(26)14-24(3)4)23(18,2)12-10-19(17)22/h13,17-20H,5-12,14H2,1-4H3/t17?,18-,19-,20-,22-,23-/m0/s1. The molecule has 3 fully saturated rings. The van der Waals surface area contributed by atoms with Gasteiger partial charge < -0.3 is 4.74 Å². The Hall–Kier alpha value is -1.16. The number of likely N-dealkylation sites (N-methyl/N-ethyl adjacent to an activating group) is 1. The van der Waals surface area contributed by atoms with E-state index in [-0.39, 0.29) is 22.9 Å². The fraction of sp³-hybridized carbons (Fsp3) is 0.826. The van der Waals surface area contributed by atoms with Crippen molar-refractivity contribution >= 4 is 11.8 Å². The number of hydrogen-bond acceptors (Lipinski definition) is 4. The zero-order valence-corrected chi connectivity index (χ0v) is 17.4. The molecule has 0 aromatic carbocycles. The lowest BCUT2D eigenvalue weighted by atomic mass is 9.47. The van der Waals surface area contributed by atoms with Crippen LogP contribution in [0, 0.1) is 28.6 Å². The van der Waals surface area contributed by atoms with Crippen LogP contribution in [-0.4, -0.2) is 43.4 Å². The van der Waals surface area contributed by atoms with Crippen molar-refractivity contribution in [3.8, 4) is 0 Å². The minimum absolute atomic E-state index is 0.0774. The molecule has 0 radical (unpaired) electrons. The molecule has 0 bridgehead atoms. The summed E-state index contributed by atoms with van der Waals surface area (Å²) in [4.78, 5) is 26.1. The summed E-state index contributed by atoms with van der Waals surface area (Å²) in [5.74, 6) is 2.32. The van der Waals surface area contributed by atoms with Crippen molar-refractivity contribution in [2.75, 3.05) is 20.6 Å². The number of allylic oxidation sites excluding steroid dienone is 1. The van der Waals surface area contributed by atoms with Crippen LogP contribution in [0.15, 0.2) is 11.6 Å². The Morgan fingerprint density at radius 2 is 1.89 bits per heavy atom. The fourth-order valence-electron chi connectivity index (χ4n) is 7.16. The van der Waals surface area contributed by atoms with Crippen molar-refractivity contribution in [1.29, 1.82) is 0 Å². The third-order valence-corrected chi connectivity index (χ3v) is 8.59. The molecule has 0 heterocycles. The lowest BCUT2D eigenvalue weighted by Gasteiger charge is -2.57. The molecule has 0 amide bonds. The third kappa shape index (κ3) is 3.08. The Kier molecular flexibility index (Phi) is 4.77. The summed E-state index contributed by atoms with van der Waals surface area (Å²) < 4.78 is 5.98. The van der Waals surface area contributed by atoms with Gasteiger partial charge in [-0.3, -0.25) is 14.5 Å². The molecule has 4 rings (SSSR count). The van der Waals surface area contributed by atoms with Crippen LogP contribution in [0.4, 0.5) is 0 Å². The Morgan fingerprint density at radius 3 is 2.63 bits per heavy atom. The molecule has 0 aliphatic heterocycles. The van der Waals surface area contributed by atoms with Gasteiger partial charge in [0.2, 0.25) is 0 Å². The lowest BCUT2D eigenvalue weighted by molar-refractivity contribution is -0.160. The number of carbonyl (C=O) groups is 2. The van der Waals surface area contributed by atoms with E-state index in [0.29, 0.717) is 24.2 Å². The summed E-state index contributed by atoms with van der Waals surface area (Å²) in [6, 6.07) is 0. The second-order valence-electron chi connectivity index (χ2n) is 10.3. The molecule has 150 valence electrons. The molecule has 27 heavy (non-hydrogen) atoms. The van der Waals surface area contributed by atoms with Gasteiger partial charge in [0.05, 0.1) is 6.54 Å². The maximum absolute atomic E-state index is 12.3. The molecule has 4 aliphatic rings. The van der Waals surface area contributed by atoms with Gasteiger partial charge in [0.25, 0.3) is 0 Å². The van der Waals surface area contributed by atoms with Crippen LogP contribution < -0.4 is 0 Å². The highest BCUT2D eigenvalue weighted by Crippen LogP contribution is 2.65. The van der Waals surface area contributed by atoms with Crippen molar-refractivity contribution in [2.24, 2.45) is 28.6 Å². The molecule has 3 saturated carbocycles. The van der Waals surface area contributed by atoms with Crippen LogP contribution in [0.3, 0.4) is 0 Å². The van der Waals surface area contributed by atoms with E-state index in [1.54, 1.807) is 0 Å². The van der Waals surface area contributed by atoms with Crippen LogP contribution in [0.1, 0.15) is 65.2 Å². The third-order valence-electron chi connectivity index (χ3n) is 8.59. The molecule has 1 unspecified atom stereocenters. The number of esters is 1. The number of fused-ring (bicyclic) bond motifs is 5. The first-order chi connectivity index (χ1) is 12.7. The Labute approximate surface area is 163 Å². The van der Waals surface area contributed by atoms with E-state index in [1.165, 1.54) is 24.8 Å². The van der Waals surface area contributed by atoms with Gasteiger partial charge in [-0.25, -0.2) is 0 Å². The second kappa shape index (κ2) is 6.72. The maximum Gasteiger partial charge on any atom is 0.320 e. The normalized spacial score (nSPS) is 43.6. The first kappa shape index (κ1) is 19.2. The summed E-state index contributed by atoms with van der Waals surface area (Å²) >= 11 is 0. The zero-order chi connectivity index (χ0) is 19.4. The number of ether oxygens (including phenoxy) is 1. The van der Waals surface area contributed by atoms with Gasteiger partial charge in [0.1, 0.15) is 6.10 Å². The molecule has 4 nitrogen and oxygen atoms in total. The maximum atomic E-state index is 12.3. The van der Waals surface area contributed by atoms with Gasteiger partial charge in [0, 0.05) is 11.8 Å². The van der Waals surface area contributed by atoms with Crippen LogP contribution in [0.5, 0.6) is 0 Å². The molecule has 6 atom stereocenters. The quantitative estimate of drug-likeness (QED) is 0.702. The highest BCUT2D eigenvalue weighted by atomic mass is 16.5. The number of carbonyl (C=O) groups excluding carboxylic acids is 2. The number of hydrogen-bond donors (Lipinski definition) is 0. The highest BCUT2D eigenvalue weighted by Gasteiger charge is 2.59. The molecule has 0 spiro atoms. The Morgan fingerprint density at radius 1 is 1.11 bits per heavy atom. The number of ketones is 1. The van der Waals surface area contributed by atoms with Gasteiger partial charge in [-0.05, 0) is 88.3 Å². The molecule has 0 N–H and O–H groups in total. The van der Waals surface area contributed by atoms with Crippen molar-refractivity contribution in [2.45, 2.75) is 71.3 Å². The number of rotatable bonds is 3. The van der Waals surface area contributed by atoms with Gasteiger partial charge in [0.15, 0.2) is 5.78 Å². The molecular formula is C23H35NO3. The first-order valence-electron chi connectivity index (χ1n) is 10.8. The van der Waals surface area contributed by atoms with E-state index in [9.17, 15) is 9.59 Å². The molecule has 4 aliphatic carbocycles. The molecular weight excluding hydrogens is 338 g/mol. The van der Waals surface area contributed by atoms with Crippen molar-refractivity contribution in [3.63, 3.8) is 0 Å². The molecule has 0 aromatic heterocycles. The summed E-state index contributed by atoms with van der Waals surface area (Å²) in [7, 11) is 3.82. The van der Waals surface area contributed by atoms with Gasteiger partial charge in [-0.15, -0.1) is 0 Å². The van der Waals surface area contributed by atoms with Crippen LogP contribution in [0.2, 0.25) is 0 Å². The SMILES string of the molecule is CN(C)CC(=O)O[C@H]1CC[C@H]2C3CCC4=CC(=O)CC[C@]4(C)[C@H]3CC[C@]12C. The van der Waals surface area contributed by atoms with Crippen molar-refractivity contribution in [1.82, 2.24) is 4.90 Å². The molecule has 4 heteroatoms. The zero-order valence-electron chi connectivity index (χ0n) is 17.4. The van der Waals surface area contributed by atoms with E-state index < -0.39 is 0 Å². The van der Waals surface area contributed by atoms with Crippen LogP contribution in [0.25, 0.3) is 0 Å². The van der Waals surface area contributed by atoms with E-state index in [0.717, 1.165) is 38.0 Å². The summed E-state index contributed by atoms with van der Waals surface area (Å²) in [5.41, 5.74) is 1.78. The summed E-state index contributed by atoms with van der Waals surface area (Å²) in [5, 5.41) is 0. The topological polar surface area (TPSA) is 46.6 Å². The summed E-state index contributed by atoms with van der Waals surface area (Å²) in [6.07, 6.45) is 10.7. The molecule has 0 aromatic rings. The number of nitrogens with zero attached hydrogens (tertiary/aromatic N) is 1. The predicted octanol–water partition coefficient (Wildman–Crippen LogP) is 3.99. The molecule has 0 saturated heterocycles. The van der Waals surface area contributed by atoms with Crippen LogP contribution in [-0.2, 0) is 14.3 Å². The highest BCUT2D eigenvalue weighted by molar-refractivity contribution is 5.91. The average Bonchev–Trinajstić information content (AvgIpc) is 2.91. The fourth-order valence-corrected chi connectivity index (χ4v) is 7.16. The van der Waals surface area contributed by atoms with Gasteiger partial charge in [-0.2, -0.15) is 0 Å². The van der Waals surface area contributed by atoms with Crippen molar-refractivity contribution in [3.05, 3.63) is 11.6 Å². The first-order valence-corrected chi connectivity index (χ1v) is 10.8. The van der Waals surface area contributed by atoms with E-state index >= 15 is 0 Å². The second-order valence-corrected chi connectivity index (χ2v) is 10.3. The Balaban J connectivity index is 1.53. The van der Waals surface area contributed by atoms with Crippen LogP contribution >= 0.6 is 0 Å². The average molecular weight is 374 g/mol. The van der Waals surface area contributed by atoms with Gasteiger partial charge in [-0.1, -0.05) is 19.4 Å². The van der Waals surface area contributed by atoms with Gasteiger partial charge >= 0.3 is 5.97 Å². The predicted molar refractivity (Wildman–Crippen MR) is 105 cm³/mol. The largest absolute Gasteiger partial charge is 0.461 e. The van der Waals surface area contributed by atoms with E-state index in [1.807, 2.05) is 25.1 Å². The lowest BCUT2D eigenvalue weighted by Crippen LogP contribution is -2.51.